The van der Waals surface area contributed by atoms with E-state index in [1.165, 1.54) is 0 Å². The number of nitrogens with zero attached hydrogens (tertiary/aromatic N) is 2. The molecule has 0 aliphatic rings. The normalized spacial score (nSPS) is 10.5. The van der Waals surface area contributed by atoms with Gasteiger partial charge in [0.1, 0.15) is 5.75 Å². The van der Waals surface area contributed by atoms with E-state index in [2.05, 4.69) is 35.8 Å². The first-order valence-corrected chi connectivity index (χ1v) is 9.93. The standard InChI is InChI=1S/C22H25BrN2O2/c1-17(2)11-14-27-21-10-9-19(23)15-20(21)22(26)25(13-6-12-24)16-18-7-4-3-5-8-18/h3-5,7-10,15,17H,6,11,13-14,16H2,1-2H3. The SMILES string of the molecule is CC(C)CCOc1ccc(Br)cc1C(=O)N(CCC#N)Cc1ccccc1. The molecule has 27 heavy (non-hydrogen) atoms. The molecule has 0 spiro atoms. The maximum absolute atomic E-state index is 13.2. The molecule has 0 aliphatic carbocycles. The van der Waals surface area contributed by atoms with Crippen molar-refractivity contribution in [1.82, 2.24) is 4.90 Å². The molecule has 4 nitrogen and oxygen atoms in total. The predicted molar refractivity (Wildman–Crippen MR) is 111 cm³/mol. The molecule has 0 saturated heterocycles. The Labute approximate surface area is 169 Å². The maximum Gasteiger partial charge on any atom is 0.257 e. The van der Waals surface area contributed by atoms with Gasteiger partial charge in [-0.05, 0) is 36.1 Å². The van der Waals surface area contributed by atoms with Crippen molar-refractivity contribution in [2.24, 2.45) is 5.92 Å². The van der Waals surface area contributed by atoms with Crippen LogP contribution in [0, 0.1) is 17.2 Å². The fourth-order valence-corrected chi connectivity index (χ4v) is 2.97. The Morgan fingerprint density at radius 3 is 2.63 bits per heavy atom. The summed E-state index contributed by atoms with van der Waals surface area (Å²) in [5.74, 6) is 0.985. The Morgan fingerprint density at radius 2 is 1.96 bits per heavy atom. The zero-order chi connectivity index (χ0) is 19.6. The van der Waals surface area contributed by atoms with E-state index in [0.29, 0.717) is 36.9 Å². The number of rotatable bonds is 9. The van der Waals surface area contributed by atoms with Gasteiger partial charge >= 0.3 is 0 Å². The maximum atomic E-state index is 13.2. The molecule has 0 atom stereocenters. The van der Waals surface area contributed by atoms with Crippen LogP contribution in [-0.2, 0) is 6.54 Å². The predicted octanol–water partition coefficient (Wildman–Crippen LogP) is 5.43. The third kappa shape index (κ3) is 6.73. The summed E-state index contributed by atoms with van der Waals surface area (Å²) in [5, 5.41) is 8.98. The first kappa shape index (κ1) is 21.0. The van der Waals surface area contributed by atoms with Crippen LogP contribution < -0.4 is 4.74 Å². The van der Waals surface area contributed by atoms with Crippen molar-refractivity contribution >= 4 is 21.8 Å². The summed E-state index contributed by atoms with van der Waals surface area (Å²) < 4.78 is 6.72. The highest BCUT2D eigenvalue weighted by Gasteiger charge is 2.20. The number of amides is 1. The van der Waals surface area contributed by atoms with Gasteiger partial charge in [0.15, 0.2) is 0 Å². The minimum atomic E-state index is -0.130. The highest BCUT2D eigenvalue weighted by atomic mass is 79.9. The van der Waals surface area contributed by atoms with Crippen molar-refractivity contribution in [2.75, 3.05) is 13.2 Å². The first-order valence-electron chi connectivity index (χ1n) is 9.13. The van der Waals surface area contributed by atoms with Crippen LogP contribution in [0.1, 0.15) is 42.6 Å². The molecule has 0 saturated carbocycles. The fourth-order valence-electron chi connectivity index (χ4n) is 2.61. The van der Waals surface area contributed by atoms with Gasteiger partial charge in [0, 0.05) is 17.6 Å². The van der Waals surface area contributed by atoms with E-state index in [1.807, 2.05) is 42.5 Å². The summed E-state index contributed by atoms with van der Waals surface area (Å²) >= 11 is 3.45. The molecule has 2 rings (SSSR count). The van der Waals surface area contributed by atoms with Gasteiger partial charge in [-0.1, -0.05) is 60.1 Å². The van der Waals surface area contributed by atoms with Crippen molar-refractivity contribution in [3.8, 4) is 11.8 Å². The molecule has 0 fully saturated rings. The van der Waals surface area contributed by atoms with Gasteiger partial charge in [0.2, 0.25) is 0 Å². The first-order chi connectivity index (χ1) is 13.0. The van der Waals surface area contributed by atoms with Gasteiger partial charge in [-0.15, -0.1) is 0 Å². The molecule has 0 unspecified atom stereocenters. The third-order valence-corrected chi connectivity index (χ3v) is 4.62. The summed E-state index contributed by atoms with van der Waals surface area (Å²) in [6.07, 6.45) is 1.21. The zero-order valence-electron chi connectivity index (χ0n) is 15.8. The Kier molecular flexibility index (Phi) is 8.35. The molecule has 0 aromatic heterocycles. The van der Waals surface area contributed by atoms with E-state index in [4.69, 9.17) is 10.00 Å². The quantitative estimate of drug-likeness (QED) is 0.534. The number of carbonyl (C=O) groups excluding carboxylic acids is 1. The van der Waals surface area contributed by atoms with Crippen LogP contribution in [0.3, 0.4) is 0 Å². The van der Waals surface area contributed by atoms with Crippen molar-refractivity contribution in [2.45, 2.75) is 33.2 Å². The van der Waals surface area contributed by atoms with Crippen LogP contribution in [0.25, 0.3) is 0 Å². The minimum absolute atomic E-state index is 0.130. The Morgan fingerprint density at radius 1 is 1.22 bits per heavy atom. The van der Waals surface area contributed by atoms with E-state index < -0.39 is 0 Å². The largest absolute Gasteiger partial charge is 0.493 e. The minimum Gasteiger partial charge on any atom is -0.493 e. The van der Waals surface area contributed by atoms with E-state index in [9.17, 15) is 4.79 Å². The summed E-state index contributed by atoms with van der Waals surface area (Å²) in [7, 11) is 0. The van der Waals surface area contributed by atoms with Gasteiger partial charge in [-0.25, -0.2) is 0 Å². The molecule has 2 aromatic carbocycles. The highest BCUT2D eigenvalue weighted by Crippen LogP contribution is 2.26. The topological polar surface area (TPSA) is 53.3 Å². The molecular weight excluding hydrogens is 404 g/mol. The second kappa shape index (κ2) is 10.7. The number of ether oxygens (including phenoxy) is 1. The Balaban J connectivity index is 2.24. The van der Waals surface area contributed by atoms with E-state index in [-0.39, 0.29) is 12.3 Å². The number of hydrogen-bond acceptors (Lipinski definition) is 3. The number of benzene rings is 2. The Hall–Kier alpha value is -2.32. The average molecular weight is 429 g/mol. The van der Waals surface area contributed by atoms with Crippen molar-refractivity contribution in [3.05, 3.63) is 64.1 Å². The average Bonchev–Trinajstić information content (AvgIpc) is 2.66. The molecule has 0 radical (unpaired) electrons. The smallest absolute Gasteiger partial charge is 0.257 e. The lowest BCUT2D eigenvalue weighted by Gasteiger charge is -2.23. The van der Waals surface area contributed by atoms with Crippen LogP contribution in [0.2, 0.25) is 0 Å². The molecule has 2 aromatic rings. The Bertz CT molecular complexity index is 785. The fraction of sp³-hybridized carbons (Fsp3) is 0.364. The summed E-state index contributed by atoms with van der Waals surface area (Å²) in [5.41, 5.74) is 1.54. The summed E-state index contributed by atoms with van der Waals surface area (Å²) in [4.78, 5) is 14.9. The second-order valence-electron chi connectivity index (χ2n) is 6.79. The molecule has 142 valence electrons. The van der Waals surface area contributed by atoms with E-state index in [0.717, 1.165) is 16.5 Å². The molecule has 1 amide bonds. The van der Waals surface area contributed by atoms with Gasteiger partial charge in [-0.2, -0.15) is 5.26 Å². The lowest BCUT2D eigenvalue weighted by atomic mass is 10.1. The van der Waals surface area contributed by atoms with Crippen LogP contribution in [0.15, 0.2) is 53.0 Å². The number of hydrogen-bond donors (Lipinski definition) is 0. The van der Waals surface area contributed by atoms with Gasteiger partial charge in [-0.3, -0.25) is 4.79 Å². The lowest BCUT2D eigenvalue weighted by molar-refractivity contribution is 0.0742. The molecule has 0 heterocycles. The second-order valence-corrected chi connectivity index (χ2v) is 7.71. The van der Waals surface area contributed by atoms with E-state index in [1.54, 1.807) is 11.0 Å². The number of halogens is 1. The van der Waals surface area contributed by atoms with E-state index >= 15 is 0 Å². The summed E-state index contributed by atoms with van der Waals surface area (Å²) in [6.45, 7) is 5.68. The van der Waals surface area contributed by atoms with Gasteiger partial charge < -0.3 is 9.64 Å². The van der Waals surface area contributed by atoms with Crippen molar-refractivity contribution in [1.29, 1.82) is 5.26 Å². The van der Waals surface area contributed by atoms with Gasteiger partial charge in [0.05, 0.1) is 24.7 Å². The molecule has 0 aliphatic heterocycles. The number of carbonyl (C=O) groups is 1. The lowest BCUT2D eigenvalue weighted by Crippen LogP contribution is -2.31. The molecule has 5 heteroatoms. The molecule has 0 N–H and O–H groups in total. The van der Waals surface area contributed by atoms with Crippen LogP contribution in [0.4, 0.5) is 0 Å². The molecular formula is C22H25BrN2O2. The van der Waals surface area contributed by atoms with Crippen molar-refractivity contribution < 1.29 is 9.53 Å². The van der Waals surface area contributed by atoms with Gasteiger partial charge in [0.25, 0.3) is 5.91 Å². The van der Waals surface area contributed by atoms with Crippen LogP contribution in [0.5, 0.6) is 5.75 Å². The number of nitriles is 1. The van der Waals surface area contributed by atoms with Crippen LogP contribution >= 0.6 is 15.9 Å². The van der Waals surface area contributed by atoms with Crippen LogP contribution in [-0.4, -0.2) is 24.0 Å². The van der Waals surface area contributed by atoms with Crippen molar-refractivity contribution in [3.63, 3.8) is 0 Å². The summed E-state index contributed by atoms with van der Waals surface area (Å²) in [6, 6.07) is 17.4. The molecule has 0 bridgehead atoms. The highest BCUT2D eigenvalue weighted by molar-refractivity contribution is 9.10. The third-order valence-electron chi connectivity index (χ3n) is 4.12. The monoisotopic (exact) mass is 428 g/mol. The zero-order valence-corrected chi connectivity index (χ0v) is 17.4.